The number of hydrogen-bond donors (Lipinski definition) is 2. The van der Waals surface area contributed by atoms with E-state index in [1.165, 1.54) is 35.6 Å². The molecule has 0 spiro atoms. The van der Waals surface area contributed by atoms with Crippen molar-refractivity contribution in [1.29, 1.82) is 0 Å². The van der Waals surface area contributed by atoms with Crippen LogP contribution >= 0.6 is 22.9 Å². The van der Waals surface area contributed by atoms with Crippen LogP contribution in [-0.2, 0) is 16.6 Å². The molecular formula is C18H16ClN3O3S2. The van der Waals surface area contributed by atoms with E-state index in [9.17, 15) is 13.2 Å². The Bertz CT molecular complexity index is 1090. The van der Waals surface area contributed by atoms with Gasteiger partial charge in [-0.3, -0.25) is 4.79 Å². The summed E-state index contributed by atoms with van der Waals surface area (Å²) in [4.78, 5) is 17.7. The largest absolute Gasteiger partial charge is 0.347 e. The quantitative estimate of drug-likeness (QED) is 0.659. The predicted molar refractivity (Wildman–Crippen MR) is 106 cm³/mol. The van der Waals surface area contributed by atoms with Gasteiger partial charge < -0.3 is 5.32 Å². The molecule has 1 heterocycles. The monoisotopic (exact) mass is 421 g/mol. The lowest BCUT2D eigenvalue weighted by Crippen LogP contribution is -2.22. The summed E-state index contributed by atoms with van der Waals surface area (Å²) in [6, 6.07) is 12.9. The second-order valence-corrected chi connectivity index (χ2v) is 8.81. The molecule has 2 aromatic carbocycles. The lowest BCUT2D eigenvalue weighted by atomic mass is 10.2. The topological polar surface area (TPSA) is 102 Å². The first-order chi connectivity index (χ1) is 12.8. The molecule has 0 aliphatic carbocycles. The van der Waals surface area contributed by atoms with Crippen molar-refractivity contribution in [2.24, 2.45) is 5.14 Å². The molecule has 0 fully saturated rings. The standard InChI is InChI=1S/C18H16ClN3O3S2/c1-11-16(26-18(22-11)14-4-2-3-5-15(14)19)10-21-17(23)12-6-8-13(9-7-12)27(20,24)25/h2-9H,10H2,1H3,(H,21,23)(H2,20,24,25). The molecule has 140 valence electrons. The van der Waals surface area contributed by atoms with E-state index in [4.69, 9.17) is 16.7 Å². The molecule has 0 saturated carbocycles. The highest BCUT2D eigenvalue weighted by atomic mass is 35.5. The molecule has 3 aromatic rings. The first kappa shape index (κ1) is 19.5. The minimum absolute atomic E-state index is 0.0401. The summed E-state index contributed by atoms with van der Waals surface area (Å²) in [6.07, 6.45) is 0. The number of primary sulfonamides is 1. The van der Waals surface area contributed by atoms with Gasteiger partial charge in [-0.1, -0.05) is 29.8 Å². The maximum atomic E-state index is 12.3. The average Bonchev–Trinajstić information content (AvgIpc) is 3.00. The third-order valence-corrected chi connectivity index (χ3v) is 6.30. The zero-order valence-corrected chi connectivity index (χ0v) is 16.7. The van der Waals surface area contributed by atoms with Crippen molar-refractivity contribution in [3.63, 3.8) is 0 Å². The Balaban J connectivity index is 1.72. The van der Waals surface area contributed by atoms with Crippen LogP contribution in [0.15, 0.2) is 53.4 Å². The van der Waals surface area contributed by atoms with E-state index in [0.29, 0.717) is 17.1 Å². The zero-order valence-electron chi connectivity index (χ0n) is 14.3. The number of nitrogens with one attached hydrogen (secondary N) is 1. The molecule has 27 heavy (non-hydrogen) atoms. The number of rotatable bonds is 5. The maximum absolute atomic E-state index is 12.3. The molecule has 9 heteroatoms. The third-order valence-electron chi connectivity index (χ3n) is 3.85. The van der Waals surface area contributed by atoms with Gasteiger partial charge in [0.15, 0.2) is 0 Å². The number of nitrogens with two attached hydrogens (primary N) is 1. The van der Waals surface area contributed by atoms with Crippen LogP contribution in [0, 0.1) is 6.92 Å². The number of aryl methyl sites for hydroxylation is 1. The van der Waals surface area contributed by atoms with Crippen LogP contribution in [0.2, 0.25) is 5.02 Å². The smallest absolute Gasteiger partial charge is 0.251 e. The van der Waals surface area contributed by atoms with E-state index in [0.717, 1.165) is 21.1 Å². The first-order valence-corrected chi connectivity index (χ1v) is 10.6. The summed E-state index contributed by atoms with van der Waals surface area (Å²) < 4.78 is 22.5. The van der Waals surface area contributed by atoms with Crippen LogP contribution in [0.4, 0.5) is 0 Å². The Morgan fingerprint density at radius 3 is 2.48 bits per heavy atom. The first-order valence-electron chi connectivity index (χ1n) is 7.88. The van der Waals surface area contributed by atoms with Gasteiger partial charge in [-0.15, -0.1) is 11.3 Å². The summed E-state index contributed by atoms with van der Waals surface area (Å²) in [5.74, 6) is -0.317. The van der Waals surface area contributed by atoms with Gasteiger partial charge in [0.25, 0.3) is 5.91 Å². The van der Waals surface area contributed by atoms with E-state index in [1.807, 2.05) is 25.1 Å². The van der Waals surface area contributed by atoms with Crippen LogP contribution in [-0.4, -0.2) is 19.3 Å². The van der Waals surface area contributed by atoms with Crippen molar-refractivity contribution in [2.75, 3.05) is 0 Å². The highest BCUT2D eigenvalue weighted by Gasteiger charge is 2.14. The number of amides is 1. The number of carbonyl (C=O) groups excluding carboxylic acids is 1. The zero-order chi connectivity index (χ0) is 19.6. The van der Waals surface area contributed by atoms with Crippen LogP contribution in [0.5, 0.6) is 0 Å². The van der Waals surface area contributed by atoms with Crippen molar-refractivity contribution in [3.8, 4) is 10.6 Å². The van der Waals surface area contributed by atoms with E-state index >= 15 is 0 Å². The molecule has 0 bridgehead atoms. The van der Waals surface area contributed by atoms with Crippen molar-refractivity contribution < 1.29 is 13.2 Å². The van der Waals surface area contributed by atoms with Crippen LogP contribution in [0.3, 0.4) is 0 Å². The minimum atomic E-state index is -3.78. The molecule has 0 atom stereocenters. The van der Waals surface area contributed by atoms with Crippen molar-refractivity contribution in [1.82, 2.24) is 10.3 Å². The fourth-order valence-electron chi connectivity index (χ4n) is 2.40. The maximum Gasteiger partial charge on any atom is 0.251 e. The van der Waals surface area contributed by atoms with Gasteiger partial charge >= 0.3 is 0 Å². The predicted octanol–water partition coefficient (Wildman–Crippen LogP) is 3.35. The normalized spacial score (nSPS) is 11.4. The molecule has 0 unspecified atom stereocenters. The van der Waals surface area contributed by atoms with Crippen molar-refractivity contribution >= 4 is 38.9 Å². The number of aromatic nitrogens is 1. The SMILES string of the molecule is Cc1nc(-c2ccccc2Cl)sc1CNC(=O)c1ccc(S(N)(=O)=O)cc1. The van der Waals surface area contributed by atoms with Gasteiger partial charge in [-0.05, 0) is 37.3 Å². The number of halogens is 1. The Hall–Kier alpha value is -2.26. The third kappa shape index (κ3) is 4.54. The Morgan fingerprint density at radius 1 is 1.19 bits per heavy atom. The summed E-state index contributed by atoms with van der Waals surface area (Å²) in [5.41, 5.74) is 2.01. The number of hydrogen-bond acceptors (Lipinski definition) is 5. The highest BCUT2D eigenvalue weighted by molar-refractivity contribution is 7.89. The molecule has 0 radical (unpaired) electrons. The number of sulfonamides is 1. The fourth-order valence-corrected chi connectivity index (χ4v) is 4.24. The Kier molecular flexibility index (Phi) is 5.61. The van der Waals surface area contributed by atoms with Crippen LogP contribution in [0.25, 0.3) is 10.6 Å². The number of benzene rings is 2. The molecule has 3 N–H and O–H groups in total. The van der Waals surface area contributed by atoms with E-state index in [-0.39, 0.29) is 10.8 Å². The fraction of sp³-hybridized carbons (Fsp3) is 0.111. The summed E-state index contributed by atoms with van der Waals surface area (Å²) in [7, 11) is -3.78. The number of thiazole rings is 1. The second-order valence-electron chi connectivity index (χ2n) is 5.76. The number of carbonyl (C=O) groups is 1. The van der Waals surface area contributed by atoms with Crippen LogP contribution in [0.1, 0.15) is 20.9 Å². The van der Waals surface area contributed by atoms with E-state index < -0.39 is 10.0 Å². The van der Waals surface area contributed by atoms with Gasteiger partial charge in [0.1, 0.15) is 5.01 Å². The molecule has 0 saturated heterocycles. The average molecular weight is 422 g/mol. The second kappa shape index (κ2) is 7.77. The highest BCUT2D eigenvalue weighted by Crippen LogP contribution is 2.32. The van der Waals surface area contributed by atoms with Crippen molar-refractivity contribution in [2.45, 2.75) is 18.4 Å². The lowest BCUT2D eigenvalue weighted by Gasteiger charge is -2.05. The molecule has 1 amide bonds. The molecule has 3 rings (SSSR count). The molecule has 6 nitrogen and oxygen atoms in total. The Labute approximate surface area is 166 Å². The number of nitrogens with zero attached hydrogens (tertiary/aromatic N) is 1. The molecular weight excluding hydrogens is 406 g/mol. The van der Waals surface area contributed by atoms with Gasteiger partial charge in [0.2, 0.25) is 10.0 Å². The van der Waals surface area contributed by atoms with Gasteiger partial charge in [-0.25, -0.2) is 18.5 Å². The summed E-state index contributed by atoms with van der Waals surface area (Å²) in [6.45, 7) is 2.18. The van der Waals surface area contributed by atoms with Crippen LogP contribution < -0.4 is 10.5 Å². The summed E-state index contributed by atoms with van der Waals surface area (Å²) >= 11 is 7.68. The van der Waals surface area contributed by atoms with Gasteiger partial charge in [0, 0.05) is 16.0 Å². The minimum Gasteiger partial charge on any atom is -0.347 e. The Morgan fingerprint density at radius 2 is 1.85 bits per heavy atom. The van der Waals surface area contributed by atoms with Gasteiger partial charge in [-0.2, -0.15) is 0 Å². The lowest BCUT2D eigenvalue weighted by molar-refractivity contribution is 0.0951. The van der Waals surface area contributed by atoms with Crippen molar-refractivity contribution in [3.05, 3.63) is 69.7 Å². The molecule has 1 aromatic heterocycles. The summed E-state index contributed by atoms with van der Waals surface area (Å²) in [5, 5.41) is 9.28. The molecule has 0 aliphatic rings. The molecule has 0 aliphatic heterocycles. The van der Waals surface area contributed by atoms with Gasteiger partial charge in [0.05, 0.1) is 22.2 Å². The van der Waals surface area contributed by atoms with E-state index in [2.05, 4.69) is 10.3 Å². The van der Waals surface area contributed by atoms with E-state index in [1.54, 1.807) is 6.07 Å².